The smallest absolute Gasteiger partial charge is 0.198 e. The normalized spacial score (nSPS) is 10.9. The van der Waals surface area contributed by atoms with Crippen molar-refractivity contribution in [1.29, 1.82) is 0 Å². The minimum Gasteiger partial charge on any atom is -0.491 e. The maximum Gasteiger partial charge on any atom is 0.198 e. The fraction of sp³-hybridized carbons (Fsp3) is 0.316. The predicted octanol–water partition coefficient (Wildman–Crippen LogP) is 4.07. The largest absolute Gasteiger partial charge is 0.491 e. The van der Waals surface area contributed by atoms with Crippen LogP contribution in [0.5, 0.6) is 11.5 Å². The summed E-state index contributed by atoms with van der Waals surface area (Å²) in [7, 11) is 0. The molecule has 0 aliphatic heterocycles. The third-order valence-corrected chi connectivity index (χ3v) is 3.14. The highest BCUT2D eigenvalue weighted by atomic mass is 16.5. The van der Waals surface area contributed by atoms with Gasteiger partial charge >= 0.3 is 0 Å². The summed E-state index contributed by atoms with van der Waals surface area (Å²) in [6, 6.07) is 12.3. The van der Waals surface area contributed by atoms with Crippen LogP contribution < -0.4 is 15.2 Å². The SMILES string of the molecule is CC(C)Oc1ccc(C(=O)c2ccccc2N)c(OC(C)C)c1. The fourth-order valence-corrected chi connectivity index (χ4v) is 2.24. The van der Waals surface area contributed by atoms with Gasteiger partial charge in [-0.15, -0.1) is 0 Å². The third-order valence-electron chi connectivity index (χ3n) is 3.14. The lowest BCUT2D eigenvalue weighted by molar-refractivity contribution is 0.103. The molecule has 0 bridgehead atoms. The monoisotopic (exact) mass is 313 g/mol. The van der Waals surface area contributed by atoms with Crippen molar-refractivity contribution in [2.45, 2.75) is 39.9 Å². The second kappa shape index (κ2) is 7.18. The van der Waals surface area contributed by atoms with Gasteiger partial charge in [0.05, 0.1) is 17.8 Å². The van der Waals surface area contributed by atoms with Gasteiger partial charge in [-0.25, -0.2) is 0 Å². The van der Waals surface area contributed by atoms with Gasteiger partial charge in [0.2, 0.25) is 0 Å². The molecule has 2 N–H and O–H groups in total. The Kier molecular flexibility index (Phi) is 5.27. The number of ketones is 1. The Hall–Kier alpha value is -2.49. The molecule has 0 atom stereocenters. The van der Waals surface area contributed by atoms with Crippen LogP contribution in [0.3, 0.4) is 0 Å². The Morgan fingerprint density at radius 2 is 1.57 bits per heavy atom. The number of hydrogen-bond donors (Lipinski definition) is 1. The molecule has 0 heterocycles. The van der Waals surface area contributed by atoms with Crippen LogP contribution in [0.25, 0.3) is 0 Å². The molecule has 4 nitrogen and oxygen atoms in total. The first-order valence-electron chi connectivity index (χ1n) is 7.75. The van der Waals surface area contributed by atoms with Crippen LogP contribution in [0.2, 0.25) is 0 Å². The van der Waals surface area contributed by atoms with Gasteiger partial charge < -0.3 is 15.2 Å². The molecule has 0 saturated carbocycles. The minimum atomic E-state index is -0.158. The summed E-state index contributed by atoms with van der Waals surface area (Å²) in [6.07, 6.45) is -0.00260. The van der Waals surface area contributed by atoms with E-state index in [9.17, 15) is 4.79 Å². The van der Waals surface area contributed by atoms with E-state index in [0.29, 0.717) is 28.3 Å². The summed E-state index contributed by atoms with van der Waals surface area (Å²) in [5, 5.41) is 0. The number of para-hydroxylation sites is 1. The Bertz CT molecular complexity index is 693. The van der Waals surface area contributed by atoms with Crippen LogP contribution in [0, 0.1) is 0 Å². The van der Waals surface area contributed by atoms with E-state index in [1.807, 2.05) is 27.7 Å². The number of benzene rings is 2. The predicted molar refractivity (Wildman–Crippen MR) is 92.3 cm³/mol. The van der Waals surface area contributed by atoms with Crippen molar-refractivity contribution in [3.8, 4) is 11.5 Å². The summed E-state index contributed by atoms with van der Waals surface area (Å²) in [5.41, 5.74) is 7.32. The van der Waals surface area contributed by atoms with Crippen molar-refractivity contribution in [3.63, 3.8) is 0 Å². The number of carbonyl (C=O) groups is 1. The number of carbonyl (C=O) groups excluding carboxylic acids is 1. The molecule has 2 aromatic rings. The van der Waals surface area contributed by atoms with Crippen molar-refractivity contribution < 1.29 is 14.3 Å². The summed E-state index contributed by atoms with van der Waals surface area (Å²) in [4.78, 5) is 12.8. The molecule has 2 rings (SSSR count). The molecular formula is C19H23NO3. The van der Waals surface area contributed by atoms with Crippen LogP contribution in [-0.4, -0.2) is 18.0 Å². The minimum absolute atomic E-state index is 0.0493. The fourth-order valence-electron chi connectivity index (χ4n) is 2.24. The van der Waals surface area contributed by atoms with Crippen LogP contribution in [-0.2, 0) is 0 Å². The van der Waals surface area contributed by atoms with Gasteiger partial charge in [-0.1, -0.05) is 12.1 Å². The van der Waals surface area contributed by atoms with Gasteiger partial charge in [0, 0.05) is 17.3 Å². The first-order valence-corrected chi connectivity index (χ1v) is 7.75. The molecular weight excluding hydrogens is 290 g/mol. The van der Waals surface area contributed by atoms with Gasteiger partial charge in [-0.05, 0) is 52.0 Å². The Labute approximate surface area is 137 Å². The zero-order valence-electron chi connectivity index (χ0n) is 14.0. The highest BCUT2D eigenvalue weighted by Crippen LogP contribution is 2.29. The molecule has 4 heteroatoms. The summed E-state index contributed by atoms with van der Waals surface area (Å²) < 4.78 is 11.5. The molecule has 0 unspecified atom stereocenters. The first-order chi connectivity index (χ1) is 10.9. The van der Waals surface area contributed by atoms with Crippen LogP contribution in [0.1, 0.15) is 43.6 Å². The number of nitrogens with two attached hydrogens (primary N) is 1. The molecule has 0 aromatic heterocycles. The Morgan fingerprint density at radius 1 is 0.913 bits per heavy atom. The molecule has 0 saturated heterocycles. The highest BCUT2D eigenvalue weighted by Gasteiger charge is 2.18. The van der Waals surface area contributed by atoms with Crippen LogP contribution in [0.15, 0.2) is 42.5 Å². The van der Waals surface area contributed by atoms with Crippen molar-refractivity contribution in [2.75, 3.05) is 5.73 Å². The summed E-state index contributed by atoms with van der Waals surface area (Å²) >= 11 is 0. The van der Waals surface area contributed by atoms with Gasteiger partial charge in [-0.3, -0.25) is 4.79 Å². The number of rotatable bonds is 6. The third kappa shape index (κ3) is 4.25. The lowest BCUT2D eigenvalue weighted by atomic mass is 10.0. The van der Waals surface area contributed by atoms with Gasteiger partial charge in [0.1, 0.15) is 11.5 Å². The first kappa shape index (κ1) is 16.9. The van der Waals surface area contributed by atoms with Gasteiger partial charge in [0.25, 0.3) is 0 Å². The molecule has 0 radical (unpaired) electrons. The number of ether oxygens (including phenoxy) is 2. The highest BCUT2D eigenvalue weighted by molar-refractivity contribution is 6.13. The summed E-state index contributed by atoms with van der Waals surface area (Å²) in [6.45, 7) is 7.74. The molecule has 2 aromatic carbocycles. The van der Waals surface area contributed by atoms with E-state index in [2.05, 4.69) is 0 Å². The topological polar surface area (TPSA) is 61.5 Å². The van der Waals surface area contributed by atoms with Crippen molar-refractivity contribution in [3.05, 3.63) is 53.6 Å². The standard InChI is InChI=1S/C19H23NO3/c1-12(2)22-14-9-10-16(18(11-14)23-13(3)4)19(21)15-7-5-6-8-17(15)20/h5-13H,20H2,1-4H3. The van der Waals surface area contributed by atoms with E-state index in [4.69, 9.17) is 15.2 Å². The van der Waals surface area contributed by atoms with Gasteiger partial charge in [0.15, 0.2) is 5.78 Å². The van der Waals surface area contributed by atoms with Gasteiger partial charge in [-0.2, -0.15) is 0 Å². The second-order valence-corrected chi connectivity index (χ2v) is 5.91. The van der Waals surface area contributed by atoms with E-state index in [-0.39, 0.29) is 18.0 Å². The van der Waals surface area contributed by atoms with Crippen molar-refractivity contribution in [1.82, 2.24) is 0 Å². The van der Waals surface area contributed by atoms with Crippen LogP contribution >= 0.6 is 0 Å². The van der Waals surface area contributed by atoms with Crippen molar-refractivity contribution >= 4 is 11.5 Å². The summed E-state index contributed by atoms with van der Waals surface area (Å²) in [5.74, 6) is 1.02. The molecule has 0 aliphatic rings. The molecule has 0 amide bonds. The molecule has 23 heavy (non-hydrogen) atoms. The zero-order chi connectivity index (χ0) is 17.0. The maximum atomic E-state index is 12.8. The Morgan fingerprint density at radius 3 is 2.17 bits per heavy atom. The lowest BCUT2D eigenvalue weighted by Gasteiger charge is -2.17. The van der Waals surface area contributed by atoms with Crippen LogP contribution in [0.4, 0.5) is 5.69 Å². The Balaban J connectivity index is 2.44. The molecule has 122 valence electrons. The lowest BCUT2D eigenvalue weighted by Crippen LogP contribution is -2.13. The number of anilines is 1. The van der Waals surface area contributed by atoms with Crippen molar-refractivity contribution in [2.24, 2.45) is 0 Å². The molecule has 0 spiro atoms. The average Bonchev–Trinajstić information content (AvgIpc) is 2.46. The quantitative estimate of drug-likeness (QED) is 0.645. The number of hydrogen-bond acceptors (Lipinski definition) is 4. The maximum absolute atomic E-state index is 12.8. The van der Waals surface area contributed by atoms with E-state index in [1.54, 1.807) is 42.5 Å². The van der Waals surface area contributed by atoms with E-state index >= 15 is 0 Å². The average molecular weight is 313 g/mol. The zero-order valence-corrected chi connectivity index (χ0v) is 14.0. The van der Waals surface area contributed by atoms with E-state index < -0.39 is 0 Å². The number of nitrogen functional groups attached to an aromatic ring is 1. The van der Waals surface area contributed by atoms with E-state index in [0.717, 1.165) is 0 Å². The van der Waals surface area contributed by atoms with E-state index in [1.165, 1.54) is 0 Å². The molecule has 0 fully saturated rings. The second-order valence-electron chi connectivity index (χ2n) is 5.91. The molecule has 0 aliphatic carbocycles.